The van der Waals surface area contributed by atoms with Crippen LogP contribution >= 0.6 is 68.0 Å². The van der Waals surface area contributed by atoms with Gasteiger partial charge in [0, 0.05) is 0 Å². The molecule has 0 aliphatic heterocycles. The van der Waals surface area contributed by atoms with E-state index in [2.05, 4.69) is 6.92 Å². The van der Waals surface area contributed by atoms with Crippen LogP contribution in [-0.2, 0) is 0 Å². The van der Waals surface area contributed by atoms with E-state index in [0.717, 1.165) is 19.3 Å². The molecule has 0 rings (SSSR count). The monoisotopic (exact) mass is 740 g/mol. The maximum absolute atomic E-state index is 6.51. The molecule has 0 saturated carbocycles. The summed E-state index contributed by atoms with van der Waals surface area (Å²) in [5.41, 5.74) is 0.346. The molecule has 0 heterocycles. The topological polar surface area (TPSA) is 0 Å². The molecule has 0 aliphatic rings. The second kappa shape index (κ2) is 32.5. The molecule has 7 heteroatoms. The van der Waals surface area contributed by atoms with Crippen LogP contribution in [0.2, 0.25) is 5.54 Å². The Bertz CT molecular complexity index is 549. The largest absolute Gasteiger partial charge is 0.344 e. The second-order valence-corrected chi connectivity index (χ2v) is 25.0. The van der Waals surface area contributed by atoms with Gasteiger partial charge in [-0.05, 0) is 31.2 Å². The lowest BCUT2D eigenvalue weighted by Gasteiger charge is -2.22. The fourth-order valence-corrected chi connectivity index (χ4v) is 9.68. The van der Waals surface area contributed by atoms with Gasteiger partial charge in [-0.3, -0.25) is 0 Å². The minimum absolute atomic E-state index is 0.346. The Balaban J connectivity index is 3.50. The summed E-state index contributed by atoms with van der Waals surface area (Å²) in [6.45, 7) is 2.29. The van der Waals surface area contributed by atoms with Gasteiger partial charge in [0.15, 0.2) is 3.79 Å². The van der Waals surface area contributed by atoms with Crippen molar-refractivity contribution in [3.8, 4) is 0 Å². The lowest BCUT2D eigenvalue weighted by molar-refractivity contribution is 0.510. The van der Waals surface area contributed by atoms with E-state index in [1.54, 1.807) is 0 Å². The van der Waals surface area contributed by atoms with Crippen LogP contribution in [0.3, 0.4) is 0 Å². The van der Waals surface area contributed by atoms with Crippen LogP contribution in [0.4, 0.5) is 0 Å². The van der Waals surface area contributed by atoms with Gasteiger partial charge in [0.05, 0.1) is 0 Å². The van der Waals surface area contributed by atoms with Crippen molar-refractivity contribution < 1.29 is 0 Å². The van der Waals surface area contributed by atoms with E-state index in [0.29, 0.717) is 12.0 Å². The molecule has 0 saturated heterocycles. The van der Waals surface area contributed by atoms with Crippen molar-refractivity contribution in [1.82, 2.24) is 0 Å². The van der Waals surface area contributed by atoms with Crippen LogP contribution in [0.15, 0.2) is 0 Å². The van der Waals surface area contributed by atoms with Gasteiger partial charge in [-0.15, -0.1) is 33.2 Å². The molecule has 0 fully saturated rings. The molecule has 0 aromatic heterocycles. The average molecular weight is 744 g/mol. The molecule has 0 radical (unpaired) electrons. The number of hydrogen-bond donors (Lipinski definition) is 0. The van der Waals surface area contributed by atoms with Crippen LogP contribution in [0.25, 0.3) is 0 Å². The Morgan fingerprint density at radius 2 is 0.605 bits per heavy atom. The zero-order valence-electron chi connectivity index (χ0n) is 28.2. The number of hydrogen-bond acceptors (Lipinski definition) is 0. The average Bonchev–Trinajstić information content (AvgIpc) is 2.94. The molecule has 0 aliphatic carbocycles. The third kappa shape index (κ3) is 36.6. The summed E-state index contributed by atoms with van der Waals surface area (Å²) < 4.78 is -1.07. The van der Waals surface area contributed by atoms with Gasteiger partial charge in [-0.2, -0.15) is 0 Å². The predicted octanol–water partition coefficient (Wildman–Crippen LogP) is 17.3. The van der Waals surface area contributed by atoms with Gasteiger partial charge in [-0.25, -0.2) is 0 Å². The quantitative estimate of drug-likeness (QED) is 0.0266. The van der Waals surface area contributed by atoms with Gasteiger partial charge in [0.25, 0.3) is 0 Å². The van der Waals surface area contributed by atoms with Crippen molar-refractivity contribution >= 4 is 74.0 Å². The van der Waals surface area contributed by atoms with Crippen LogP contribution < -0.4 is 0 Å². The summed E-state index contributed by atoms with van der Waals surface area (Å²) in [5, 5.41) is 0. The summed E-state index contributed by atoms with van der Waals surface area (Å²) in [5.74, 6) is 0. The summed E-state index contributed by atoms with van der Waals surface area (Å²) >= 11 is 36.9. The predicted molar refractivity (Wildman–Crippen MR) is 205 cm³/mol. The number of rotatable bonds is 34. The summed E-state index contributed by atoms with van der Waals surface area (Å²) in [6.07, 6.45) is 43.6. The van der Waals surface area contributed by atoms with E-state index >= 15 is 0 Å². The number of unbranched alkanes of at least 4 members (excludes halogenated alkanes) is 28. The summed E-state index contributed by atoms with van der Waals surface area (Å²) in [4.78, 5) is 0. The van der Waals surface area contributed by atoms with Gasteiger partial charge < -0.3 is 0 Å². The van der Waals surface area contributed by atoms with Gasteiger partial charge >= 0.3 is 6.00 Å². The third-order valence-corrected chi connectivity index (χ3v) is 14.0. The van der Waals surface area contributed by atoms with Crippen LogP contribution in [-0.4, -0.2) is 9.80 Å². The Labute approximate surface area is 300 Å². The molecule has 0 nitrogen and oxygen atoms in total. The van der Waals surface area contributed by atoms with E-state index in [4.69, 9.17) is 68.0 Å². The second-order valence-electron chi connectivity index (χ2n) is 13.4. The lowest BCUT2D eigenvalue weighted by Crippen LogP contribution is -2.20. The molecule has 43 heavy (non-hydrogen) atoms. The molecule has 260 valence electrons. The van der Waals surface area contributed by atoms with Crippen LogP contribution in [0, 0.1) is 0 Å². The Kier molecular flexibility index (Phi) is 34.0. The first-order valence-corrected chi connectivity index (χ1v) is 25.0. The van der Waals surface area contributed by atoms with Crippen LogP contribution in [0.1, 0.15) is 219 Å². The molecular weight excluding hydrogens is 673 g/mol. The SMILES string of the molecule is CCCCCCCCCCCCCCCCCCC(CCCCCCCCCCCCCCCCC(Cl)(Cl)Cl)[Si](Cl)(Cl)Cl. The first kappa shape index (κ1) is 45.0. The zero-order chi connectivity index (χ0) is 31.9. The van der Waals surface area contributed by atoms with Crippen molar-refractivity contribution in [2.75, 3.05) is 0 Å². The fraction of sp³-hybridized carbons (Fsp3) is 1.00. The lowest BCUT2D eigenvalue weighted by atomic mass is 10.0. The van der Waals surface area contributed by atoms with Crippen molar-refractivity contribution in [2.24, 2.45) is 0 Å². The Morgan fingerprint density at radius 3 is 0.837 bits per heavy atom. The molecule has 0 N–H and O–H groups in total. The maximum Gasteiger partial charge on any atom is 0.344 e. The summed E-state index contributed by atoms with van der Waals surface area (Å²) in [7, 11) is 0. The normalized spacial score (nSPS) is 13.2. The molecule has 1 atom stereocenters. The highest BCUT2D eigenvalue weighted by Crippen LogP contribution is 2.41. The molecule has 0 bridgehead atoms. The Hall–Kier alpha value is 1.96. The standard InChI is InChI=1S/C36H70Cl6Si/c1-2-3-4-5-6-7-8-9-10-11-14-17-20-23-26-29-32-35(43(40,41)42)33-30-27-24-21-18-15-12-13-16-19-22-25-28-31-34-36(37,38)39/h35H,2-34H2,1H3. The van der Waals surface area contributed by atoms with Crippen molar-refractivity contribution in [3.63, 3.8) is 0 Å². The molecule has 0 amide bonds. The van der Waals surface area contributed by atoms with E-state index in [-0.39, 0.29) is 0 Å². The van der Waals surface area contributed by atoms with Gasteiger partial charge in [0.2, 0.25) is 0 Å². The Morgan fingerprint density at radius 1 is 0.372 bits per heavy atom. The van der Waals surface area contributed by atoms with Gasteiger partial charge in [0.1, 0.15) is 0 Å². The molecular formula is C36H70Cl6Si. The first-order valence-electron chi connectivity index (χ1n) is 18.8. The fourth-order valence-electron chi connectivity index (χ4n) is 6.25. The zero-order valence-corrected chi connectivity index (χ0v) is 33.7. The highest BCUT2D eigenvalue weighted by molar-refractivity contribution is 7.65. The minimum atomic E-state index is -2.61. The molecule has 0 spiro atoms. The van der Waals surface area contributed by atoms with E-state index < -0.39 is 9.80 Å². The van der Waals surface area contributed by atoms with E-state index in [1.807, 2.05) is 0 Å². The van der Waals surface area contributed by atoms with E-state index in [1.165, 1.54) is 186 Å². The highest BCUT2D eigenvalue weighted by Gasteiger charge is 2.35. The molecule has 1 unspecified atom stereocenters. The third-order valence-electron chi connectivity index (χ3n) is 9.13. The van der Waals surface area contributed by atoms with Crippen molar-refractivity contribution in [2.45, 2.75) is 228 Å². The van der Waals surface area contributed by atoms with E-state index in [9.17, 15) is 0 Å². The first-order chi connectivity index (χ1) is 20.7. The van der Waals surface area contributed by atoms with Crippen molar-refractivity contribution in [3.05, 3.63) is 0 Å². The minimum Gasteiger partial charge on any atom is -0.126 e. The highest BCUT2D eigenvalue weighted by atomic mass is 35.8. The number of alkyl halides is 3. The van der Waals surface area contributed by atoms with Crippen molar-refractivity contribution in [1.29, 1.82) is 0 Å². The van der Waals surface area contributed by atoms with Gasteiger partial charge in [-0.1, -0.05) is 228 Å². The smallest absolute Gasteiger partial charge is 0.126 e. The van der Waals surface area contributed by atoms with Crippen LogP contribution in [0.5, 0.6) is 0 Å². The molecule has 0 aromatic carbocycles. The molecule has 0 aromatic rings. The summed E-state index contributed by atoms with van der Waals surface area (Å²) in [6, 6.07) is -2.61. The maximum atomic E-state index is 6.51. The number of halogens is 6.